The number of carbonyl (C=O) groups excluding carboxylic acids is 3. The first-order chi connectivity index (χ1) is 14.8. The number of ketones is 1. The molecule has 4 rings (SSSR count). The molecule has 1 aromatic carbocycles. The average molecular weight is 428 g/mol. The van der Waals surface area contributed by atoms with E-state index in [4.69, 9.17) is 14.0 Å². The smallest absolute Gasteiger partial charge is 0.259 e. The molecule has 0 unspecified atom stereocenters. The van der Waals surface area contributed by atoms with Crippen molar-refractivity contribution in [2.45, 2.75) is 20.8 Å². The molecule has 2 aliphatic rings. The van der Waals surface area contributed by atoms with Gasteiger partial charge in [-0.15, -0.1) is 0 Å². The van der Waals surface area contributed by atoms with Crippen LogP contribution in [0.25, 0.3) is 0 Å². The molecule has 31 heavy (non-hydrogen) atoms. The number of hydrogen-bond acceptors (Lipinski definition) is 8. The molecule has 0 aliphatic carbocycles. The standard InChI is InChI=1S/C21H24N4O6/c1-12-20(14(3)31-23-12)21(28)25-6-4-24(5-7-25)10-19(27)22-16-9-18-17(29-11-30-18)8-15(16)13(2)26/h8-9H,4-7,10-11H2,1-3H3,(H,22,27). The number of benzene rings is 1. The molecule has 164 valence electrons. The van der Waals surface area contributed by atoms with E-state index in [9.17, 15) is 14.4 Å². The molecule has 10 nitrogen and oxygen atoms in total. The molecule has 10 heteroatoms. The summed E-state index contributed by atoms with van der Waals surface area (Å²) >= 11 is 0. The van der Waals surface area contributed by atoms with E-state index in [1.165, 1.54) is 6.92 Å². The van der Waals surface area contributed by atoms with Gasteiger partial charge in [-0.2, -0.15) is 0 Å². The van der Waals surface area contributed by atoms with Crippen LogP contribution in [0.4, 0.5) is 5.69 Å². The van der Waals surface area contributed by atoms with Crippen molar-refractivity contribution < 1.29 is 28.4 Å². The van der Waals surface area contributed by atoms with E-state index in [1.807, 2.05) is 4.90 Å². The van der Waals surface area contributed by atoms with Crippen LogP contribution in [0.1, 0.15) is 39.1 Å². The van der Waals surface area contributed by atoms with Crippen molar-refractivity contribution in [3.8, 4) is 11.5 Å². The van der Waals surface area contributed by atoms with Crippen LogP contribution in [0.3, 0.4) is 0 Å². The molecule has 1 N–H and O–H groups in total. The fourth-order valence-electron chi connectivity index (χ4n) is 3.78. The normalized spacial score (nSPS) is 15.8. The highest BCUT2D eigenvalue weighted by Crippen LogP contribution is 2.37. The average Bonchev–Trinajstić information content (AvgIpc) is 3.32. The van der Waals surface area contributed by atoms with Gasteiger partial charge in [0.25, 0.3) is 5.91 Å². The van der Waals surface area contributed by atoms with Gasteiger partial charge < -0.3 is 24.2 Å². The van der Waals surface area contributed by atoms with Crippen molar-refractivity contribution in [1.29, 1.82) is 0 Å². The second kappa shape index (κ2) is 8.38. The van der Waals surface area contributed by atoms with Gasteiger partial charge in [-0.1, -0.05) is 5.16 Å². The van der Waals surface area contributed by atoms with E-state index in [0.717, 1.165) is 0 Å². The van der Waals surface area contributed by atoms with Gasteiger partial charge in [0.15, 0.2) is 17.3 Å². The molecule has 0 saturated carbocycles. The molecule has 0 atom stereocenters. The Kier molecular flexibility index (Phi) is 5.64. The Hall–Kier alpha value is -3.40. The minimum atomic E-state index is -0.244. The predicted octanol–water partition coefficient (Wildman–Crippen LogP) is 1.62. The summed E-state index contributed by atoms with van der Waals surface area (Å²) in [6.45, 7) is 7.25. The molecule has 2 aromatic rings. The summed E-state index contributed by atoms with van der Waals surface area (Å²) in [5.41, 5.74) is 1.85. The third-order valence-electron chi connectivity index (χ3n) is 5.44. The SMILES string of the molecule is CC(=O)c1cc2c(cc1NC(=O)CN1CCN(C(=O)c3c(C)noc3C)CC1)OCO2. The summed E-state index contributed by atoms with van der Waals surface area (Å²) in [6, 6.07) is 3.19. The minimum Gasteiger partial charge on any atom is -0.454 e. The number of hydrogen-bond donors (Lipinski definition) is 1. The molecular weight excluding hydrogens is 404 g/mol. The monoisotopic (exact) mass is 428 g/mol. The van der Waals surface area contributed by atoms with E-state index in [-0.39, 0.29) is 30.9 Å². The van der Waals surface area contributed by atoms with Crippen LogP contribution in [-0.4, -0.2) is 72.1 Å². The van der Waals surface area contributed by atoms with E-state index >= 15 is 0 Å². The molecule has 3 heterocycles. The summed E-state index contributed by atoms with van der Waals surface area (Å²) in [5, 5.41) is 6.64. The van der Waals surface area contributed by atoms with Crippen LogP contribution in [-0.2, 0) is 4.79 Å². The van der Waals surface area contributed by atoms with E-state index in [2.05, 4.69) is 10.5 Å². The highest BCUT2D eigenvalue weighted by Gasteiger charge is 2.28. The lowest BCUT2D eigenvalue weighted by Crippen LogP contribution is -2.50. The molecule has 0 spiro atoms. The highest BCUT2D eigenvalue weighted by molar-refractivity contribution is 6.05. The van der Waals surface area contributed by atoms with Crippen molar-refractivity contribution in [3.05, 3.63) is 34.7 Å². The maximum absolute atomic E-state index is 12.7. The fourth-order valence-corrected chi connectivity index (χ4v) is 3.78. The fraction of sp³-hybridized carbons (Fsp3) is 0.429. The molecule has 1 fully saturated rings. The van der Waals surface area contributed by atoms with E-state index in [1.54, 1.807) is 30.9 Å². The molecule has 0 bridgehead atoms. The molecule has 2 aliphatic heterocycles. The number of rotatable bonds is 5. The number of aryl methyl sites for hydroxylation is 2. The summed E-state index contributed by atoms with van der Waals surface area (Å²) in [7, 11) is 0. The molecule has 1 saturated heterocycles. The van der Waals surface area contributed by atoms with Crippen molar-refractivity contribution in [2.24, 2.45) is 0 Å². The molecule has 0 radical (unpaired) electrons. The lowest BCUT2D eigenvalue weighted by atomic mass is 10.1. The lowest BCUT2D eigenvalue weighted by molar-refractivity contribution is -0.117. The summed E-state index contributed by atoms with van der Waals surface area (Å²) in [4.78, 5) is 41.0. The Morgan fingerprint density at radius 1 is 1.06 bits per heavy atom. The van der Waals surface area contributed by atoms with Gasteiger partial charge in [-0.3, -0.25) is 19.3 Å². The number of amides is 2. The first-order valence-electron chi connectivity index (χ1n) is 10.0. The van der Waals surface area contributed by atoms with Crippen molar-refractivity contribution in [3.63, 3.8) is 0 Å². The Morgan fingerprint density at radius 3 is 2.35 bits per heavy atom. The first kappa shape index (κ1) is 20.9. The van der Waals surface area contributed by atoms with Crippen molar-refractivity contribution in [1.82, 2.24) is 15.0 Å². The maximum Gasteiger partial charge on any atom is 0.259 e. The minimum absolute atomic E-state index is 0.0843. The summed E-state index contributed by atoms with van der Waals surface area (Å²) in [6.07, 6.45) is 0. The topological polar surface area (TPSA) is 114 Å². The number of fused-ring (bicyclic) bond motifs is 1. The zero-order valence-corrected chi connectivity index (χ0v) is 17.7. The van der Waals surface area contributed by atoms with Gasteiger partial charge in [0.1, 0.15) is 11.3 Å². The van der Waals surface area contributed by atoms with Crippen LogP contribution >= 0.6 is 0 Å². The van der Waals surface area contributed by atoms with E-state index < -0.39 is 0 Å². The maximum atomic E-state index is 12.7. The number of ether oxygens (including phenoxy) is 2. The zero-order valence-electron chi connectivity index (χ0n) is 17.7. The third-order valence-corrected chi connectivity index (χ3v) is 5.44. The highest BCUT2D eigenvalue weighted by atomic mass is 16.7. The zero-order chi connectivity index (χ0) is 22.1. The number of aromatic nitrogens is 1. The van der Waals surface area contributed by atoms with Crippen LogP contribution < -0.4 is 14.8 Å². The van der Waals surface area contributed by atoms with Crippen LogP contribution in [0.2, 0.25) is 0 Å². The Labute approximate surface area is 179 Å². The van der Waals surface area contributed by atoms with Gasteiger partial charge in [-0.05, 0) is 26.8 Å². The van der Waals surface area contributed by atoms with Crippen LogP contribution in [0.5, 0.6) is 11.5 Å². The number of nitrogens with zero attached hydrogens (tertiary/aromatic N) is 3. The largest absolute Gasteiger partial charge is 0.454 e. The third kappa shape index (κ3) is 4.24. The predicted molar refractivity (Wildman–Crippen MR) is 110 cm³/mol. The number of carbonyl (C=O) groups is 3. The quantitative estimate of drug-likeness (QED) is 0.715. The summed E-state index contributed by atoms with van der Waals surface area (Å²) < 4.78 is 15.7. The number of Topliss-reactive ketones (excluding diaryl/α,β-unsaturated/α-hetero) is 1. The van der Waals surface area contributed by atoms with Gasteiger partial charge in [0.2, 0.25) is 12.7 Å². The van der Waals surface area contributed by atoms with Crippen LogP contribution in [0, 0.1) is 13.8 Å². The van der Waals surface area contributed by atoms with E-state index in [0.29, 0.717) is 65.9 Å². The van der Waals surface area contributed by atoms with Gasteiger partial charge >= 0.3 is 0 Å². The molecule has 1 aromatic heterocycles. The second-order valence-corrected chi connectivity index (χ2v) is 7.62. The van der Waals surface area contributed by atoms with Crippen LogP contribution in [0.15, 0.2) is 16.7 Å². The number of nitrogens with one attached hydrogen (secondary N) is 1. The van der Waals surface area contributed by atoms with Gasteiger partial charge in [-0.25, -0.2) is 0 Å². The lowest BCUT2D eigenvalue weighted by Gasteiger charge is -2.34. The van der Waals surface area contributed by atoms with Crippen molar-refractivity contribution in [2.75, 3.05) is 44.8 Å². The first-order valence-corrected chi connectivity index (χ1v) is 10.0. The molecular formula is C21H24N4O6. The Bertz CT molecular complexity index is 1020. The van der Waals surface area contributed by atoms with Crippen molar-refractivity contribution >= 4 is 23.3 Å². The molecule has 2 amide bonds. The van der Waals surface area contributed by atoms with Gasteiger partial charge in [0.05, 0.1) is 17.9 Å². The summed E-state index contributed by atoms with van der Waals surface area (Å²) in [5.74, 6) is 0.960. The Balaban J connectivity index is 1.35. The number of anilines is 1. The Morgan fingerprint density at radius 2 is 1.74 bits per heavy atom. The van der Waals surface area contributed by atoms with Gasteiger partial charge in [0, 0.05) is 37.8 Å². The number of piperazine rings is 1. The second-order valence-electron chi connectivity index (χ2n) is 7.62.